The summed E-state index contributed by atoms with van der Waals surface area (Å²) in [5.74, 6) is -1.21. The van der Waals surface area contributed by atoms with Crippen LogP contribution in [0.3, 0.4) is 0 Å². The number of carbonyl (C=O) groups excluding carboxylic acids is 2. The molecule has 15 heteroatoms. The number of unbranched alkanes of at least 4 members (excludes halogenated alkanes) is 1. The number of amides is 1. The molecule has 1 N–H and O–H groups in total. The average molecular weight is 745 g/mol. The van der Waals surface area contributed by atoms with E-state index in [2.05, 4.69) is 21.2 Å². The second kappa shape index (κ2) is 16.3. The molecule has 1 heterocycles. The van der Waals surface area contributed by atoms with E-state index < -0.39 is 65.2 Å². The van der Waals surface area contributed by atoms with E-state index >= 15 is 0 Å². The molecular weight excluding hydrogens is 706 g/mol. The number of nitrogens with zero attached hydrogens (tertiary/aromatic N) is 2. The van der Waals surface area contributed by atoms with Crippen LogP contribution in [0.4, 0.5) is 22.4 Å². The maximum Gasteiger partial charge on any atom is 0.416 e. The summed E-state index contributed by atoms with van der Waals surface area (Å²) in [5.41, 5.74) is -4.48. The lowest BCUT2D eigenvalue weighted by molar-refractivity contribution is -0.143. The van der Waals surface area contributed by atoms with Crippen LogP contribution in [0.15, 0.2) is 56.5 Å². The van der Waals surface area contributed by atoms with Crippen molar-refractivity contribution in [3.8, 4) is 5.75 Å². The monoisotopic (exact) mass is 743 g/mol. The second-order valence-corrected chi connectivity index (χ2v) is 12.6. The van der Waals surface area contributed by atoms with Crippen LogP contribution in [-0.2, 0) is 33.5 Å². The zero-order valence-electron chi connectivity index (χ0n) is 27.2. The van der Waals surface area contributed by atoms with Crippen molar-refractivity contribution < 1.29 is 41.4 Å². The molecule has 10 nitrogen and oxygen atoms in total. The SMILES string of the molecule is CCOC(=O)CCCCOc1ccccc1C(Cn1c(=O)c(Br)c(C)n(Cc2c(F)cccc2C(F)(F)F)c1=O)NC(=O)OC(C)(C)C. The van der Waals surface area contributed by atoms with Crippen LogP contribution < -0.4 is 21.3 Å². The van der Waals surface area contributed by atoms with Gasteiger partial charge < -0.3 is 19.5 Å². The first-order chi connectivity index (χ1) is 22.4. The standard InChI is InChI=1S/C33H38BrF4N3O7/c1-6-46-27(42)16-9-10-17-47-26-15-8-7-12-21(26)25(39-30(44)48-32(3,4)5)19-41-29(43)28(34)20(2)40(31(41)45)18-22-23(33(36,37)38)13-11-14-24(22)35/h7-8,11-15,25H,6,9-10,16-19H2,1-5H3,(H,39,44). The second-order valence-electron chi connectivity index (χ2n) is 11.8. The van der Waals surface area contributed by atoms with Crippen molar-refractivity contribution in [1.82, 2.24) is 14.5 Å². The third kappa shape index (κ3) is 10.2. The van der Waals surface area contributed by atoms with Gasteiger partial charge in [0.15, 0.2) is 0 Å². The number of hydrogen-bond acceptors (Lipinski definition) is 7. The summed E-state index contributed by atoms with van der Waals surface area (Å²) in [6.45, 7) is 7.12. The number of esters is 1. The first kappa shape index (κ1) is 38.3. The predicted octanol–water partition coefficient (Wildman–Crippen LogP) is 6.67. The van der Waals surface area contributed by atoms with Crippen molar-refractivity contribution in [2.45, 2.75) is 84.8 Å². The molecule has 0 aliphatic rings. The summed E-state index contributed by atoms with van der Waals surface area (Å²) in [7, 11) is 0. The fraction of sp³-hybridized carbons (Fsp3) is 0.455. The molecule has 0 spiro atoms. The zero-order chi connectivity index (χ0) is 35.8. The van der Waals surface area contributed by atoms with Gasteiger partial charge in [-0.3, -0.25) is 18.7 Å². The van der Waals surface area contributed by atoms with Crippen molar-refractivity contribution in [2.75, 3.05) is 13.2 Å². The van der Waals surface area contributed by atoms with Crippen molar-refractivity contribution in [1.29, 1.82) is 0 Å². The van der Waals surface area contributed by atoms with Gasteiger partial charge in [0.05, 0.1) is 37.9 Å². The van der Waals surface area contributed by atoms with Crippen LogP contribution in [-0.4, -0.2) is 40.0 Å². The summed E-state index contributed by atoms with van der Waals surface area (Å²) in [6.07, 6.45) is -4.60. The minimum atomic E-state index is -4.91. The van der Waals surface area contributed by atoms with Gasteiger partial charge >= 0.3 is 23.9 Å². The van der Waals surface area contributed by atoms with Gasteiger partial charge in [-0.2, -0.15) is 13.2 Å². The van der Waals surface area contributed by atoms with Crippen LogP contribution in [0, 0.1) is 12.7 Å². The van der Waals surface area contributed by atoms with E-state index in [1.54, 1.807) is 52.0 Å². The molecule has 0 fully saturated rings. The number of para-hydroxylation sites is 1. The molecule has 0 aliphatic heterocycles. The Hall–Kier alpha value is -4.14. The summed E-state index contributed by atoms with van der Waals surface area (Å²) in [4.78, 5) is 51.9. The molecule has 2 aromatic carbocycles. The Morgan fingerprint density at radius 1 is 1.00 bits per heavy atom. The maximum atomic E-state index is 14.8. The van der Waals surface area contributed by atoms with E-state index in [4.69, 9.17) is 14.2 Å². The predicted molar refractivity (Wildman–Crippen MR) is 172 cm³/mol. The summed E-state index contributed by atoms with van der Waals surface area (Å²) >= 11 is 3.15. The highest BCUT2D eigenvalue weighted by Crippen LogP contribution is 2.34. The summed E-state index contributed by atoms with van der Waals surface area (Å²) in [6, 6.07) is 7.91. The molecule has 1 amide bonds. The van der Waals surface area contributed by atoms with E-state index in [0.717, 1.165) is 21.3 Å². The highest BCUT2D eigenvalue weighted by Gasteiger charge is 2.35. The third-order valence-corrected chi connectivity index (χ3v) is 7.96. The van der Waals surface area contributed by atoms with Crippen molar-refractivity contribution in [3.05, 3.63) is 96.0 Å². The molecule has 3 rings (SSSR count). The molecule has 0 saturated heterocycles. The van der Waals surface area contributed by atoms with Crippen LogP contribution >= 0.6 is 15.9 Å². The summed E-state index contributed by atoms with van der Waals surface area (Å²) < 4.78 is 73.9. The van der Waals surface area contributed by atoms with Gasteiger partial charge in [-0.25, -0.2) is 14.0 Å². The van der Waals surface area contributed by atoms with Crippen molar-refractivity contribution in [2.24, 2.45) is 0 Å². The fourth-order valence-electron chi connectivity index (χ4n) is 4.80. The Bertz CT molecular complexity index is 1730. The molecule has 1 unspecified atom stereocenters. The van der Waals surface area contributed by atoms with E-state index in [1.807, 2.05) is 0 Å². The molecule has 0 saturated carbocycles. The van der Waals surface area contributed by atoms with Gasteiger partial charge in [0.1, 0.15) is 21.6 Å². The lowest BCUT2D eigenvalue weighted by atomic mass is 10.1. The number of alkyl halides is 3. The molecule has 1 atom stereocenters. The first-order valence-electron chi connectivity index (χ1n) is 15.2. The number of benzene rings is 2. The zero-order valence-corrected chi connectivity index (χ0v) is 28.8. The molecule has 48 heavy (non-hydrogen) atoms. The highest BCUT2D eigenvalue weighted by molar-refractivity contribution is 9.10. The molecule has 0 radical (unpaired) electrons. The Kier molecular flexibility index (Phi) is 13.0. The Morgan fingerprint density at radius 2 is 1.69 bits per heavy atom. The number of ether oxygens (including phenoxy) is 3. The average Bonchev–Trinajstić information content (AvgIpc) is 2.99. The number of carbonyl (C=O) groups is 2. The summed E-state index contributed by atoms with van der Waals surface area (Å²) in [5, 5.41) is 2.67. The van der Waals surface area contributed by atoms with Crippen LogP contribution in [0.25, 0.3) is 0 Å². The lowest BCUT2D eigenvalue weighted by Gasteiger charge is -2.26. The smallest absolute Gasteiger partial charge is 0.416 e. The van der Waals surface area contributed by atoms with E-state index in [-0.39, 0.29) is 35.8 Å². The Morgan fingerprint density at radius 3 is 2.33 bits per heavy atom. The van der Waals surface area contributed by atoms with Crippen LogP contribution in [0.5, 0.6) is 5.75 Å². The minimum Gasteiger partial charge on any atom is -0.493 e. The number of aromatic nitrogens is 2. The largest absolute Gasteiger partial charge is 0.493 e. The molecule has 1 aromatic heterocycles. The molecular formula is C33H38BrF4N3O7. The number of alkyl carbamates (subject to hydrolysis) is 1. The van der Waals surface area contributed by atoms with Gasteiger partial charge in [-0.1, -0.05) is 24.3 Å². The van der Waals surface area contributed by atoms with Gasteiger partial charge in [0.2, 0.25) is 0 Å². The molecule has 0 aliphatic carbocycles. The number of nitrogens with one attached hydrogen (secondary N) is 1. The van der Waals surface area contributed by atoms with E-state index in [1.165, 1.54) is 6.92 Å². The topological polar surface area (TPSA) is 118 Å². The Balaban J connectivity index is 2.05. The number of hydrogen-bond donors (Lipinski definition) is 1. The van der Waals surface area contributed by atoms with E-state index in [0.29, 0.717) is 30.2 Å². The van der Waals surface area contributed by atoms with Gasteiger partial charge in [-0.05, 0) is 81.6 Å². The molecule has 262 valence electrons. The Labute approximate surface area is 283 Å². The normalized spacial score (nSPS) is 12.4. The first-order valence-corrected chi connectivity index (χ1v) is 15.9. The number of rotatable bonds is 13. The minimum absolute atomic E-state index is 0.0270. The number of halogens is 5. The van der Waals surface area contributed by atoms with E-state index in [9.17, 15) is 36.7 Å². The third-order valence-electron chi connectivity index (χ3n) is 7.05. The highest BCUT2D eigenvalue weighted by atomic mass is 79.9. The molecule has 3 aromatic rings. The fourth-order valence-corrected chi connectivity index (χ4v) is 5.23. The lowest BCUT2D eigenvalue weighted by Crippen LogP contribution is -2.45. The van der Waals surface area contributed by atoms with Gasteiger partial charge in [-0.15, -0.1) is 0 Å². The van der Waals surface area contributed by atoms with Crippen LogP contribution in [0.2, 0.25) is 0 Å². The van der Waals surface area contributed by atoms with Gasteiger partial charge in [0, 0.05) is 23.2 Å². The van der Waals surface area contributed by atoms with Crippen molar-refractivity contribution >= 4 is 28.0 Å². The van der Waals surface area contributed by atoms with Crippen LogP contribution in [0.1, 0.15) is 75.4 Å². The van der Waals surface area contributed by atoms with Gasteiger partial charge in [0.25, 0.3) is 5.56 Å². The quantitative estimate of drug-likeness (QED) is 0.118. The van der Waals surface area contributed by atoms with Crippen molar-refractivity contribution in [3.63, 3.8) is 0 Å². The molecule has 0 bridgehead atoms. The maximum absolute atomic E-state index is 14.8.